The molecule has 0 spiro atoms. The zero-order valence-electron chi connectivity index (χ0n) is 19.9. The number of aromatic nitrogens is 1. The van der Waals surface area contributed by atoms with Gasteiger partial charge in [-0.15, -0.1) is 0 Å². The smallest absolute Gasteiger partial charge is 0.339 e. The Hall–Kier alpha value is -3.68. The number of likely N-dealkylation sites (N-methyl/N-ethyl adjacent to an activating group) is 1. The van der Waals surface area contributed by atoms with Gasteiger partial charge in [0.05, 0.1) is 28.9 Å². The first-order valence-electron chi connectivity index (χ1n) is 12.0. The molecule has 0 atom stereocenters. The minimum Gasteiger partial charge on any atom is -0.462 e. The van der Waals surface area contributed by atoms with E-state index in [9.17, 15) is 9.59 Å². The summed E-state index contributed by atoms with van der Waals surface area (Å²) in [6.45, 7) is 1.56. The summed E-state index contributed by atoms with van der Waals surface area (Å²) in [7, 11) is 2.04. The predicted octanol–water partition coefficient (Wildman–Crippen LogP) is 5.60. The van der Waals surface area contributed by atoms with Gasteiger partial charge in [-0.05, 0) is 37.4 Å². The van der Waals surface area contributed by atoms with Gasteiger partial charge in [-0.2, -0.15) is 0 Å². The quantitative estimate of drug-likeness (QED) is 0.344. The number of rotatable bonds is 4. The lowest BCUT2D eigenvalue weighted by atomic mass is 9.96. The van der Waals surface area contributed by atoms with Crippen molar-refractivity contribution < 1.29 is 14.3 Å². The molecule has 2 aliphatic rings. The Labute approximate surface area is 213 Å². The summed E-state index contributed by atoms with van der Waals surface area (Å²) in [5.74, 6) is -0.507. The second-order valence-electron chi connectivity index (χ2n) is 9.07. The van der Waals surface area contributed by atoms with E-state index in [2.05, 4.69) is 4.90 Å². The Bertz CT molecular complexity index is 1460. The molecule has 0 aliphatic carbocycles. The first kappa shape index (κ1) is 22.8. The number of nitrogens with zero attached hydrogens (tertiary/aromatic N) is 3. The Morgan fingerprint density at radius 2 is 1.61 bits per heavy atom. The number of hydrogen-bond donors (Lipinski definition) is 0. The number of carbonyl (C=O) groups is 2. The van der Waals surface area contributed by atoms with Gasteiger partial charge in [0.15, 0.2) is 0 Å². The number of ether oxygens (including phenoxy) is 1. The van der Waals surface area contributed by atoms with Crippen LogP contribution >= 0.6 is 11.8 Å². The van der Waals surface area contributed by atoms with Crippen LogP contribution in [0.2, 0.25) is 0 Å². The SMILES string of the molecule is CN1CCc2nc3ccccc3c(C(=O)OCCC(=O)N3c4ccccc4Sc4ccccc43)c2C1. The second-order valence-corrected chi connectivity index (χ2v) is 10.2. The molecule has 0 fully saturated rings. The molecule has 0 unspecified atom stereocenters. The van der Waals surface area contributed by atoms with Crippen molar-refractivity contribution in [1.29, 1.82) is 0 Å². The number of anilines is 2. The van der Waals surface area contributed by atoms with Gasteiger partial charge in [-0.1, -0.05) is 54.2 Å². The predicted molar refractivity (Wildman–Crippen MR) is 141 cm³/mol. The van der Waals surface area contributed by atoms with Gasteiger partial charge in [0, 0.05) is 45.9 Å². The number of benzene rings is 3. The topological polar surface area (TPSA) is 62.7 Å². The maximum Gasteiger partial charge on any atom is 0.339 e. The first-order chi connectivity index (χ1) is 17.6. The van der Waals surface area contributed by atoms with E-state index in [4.69, 9.17) is 9.72 Å². The molecule has 1 amide bonds. The number of fused-ring (bicyclic) bond motifs is 4. The molecule has 6 nitrogen and oxygen atoms in total. The van der Waals surface area contributed by atoms with Gasteiger partial charge in [-0.3, -0.25) is 14.7 Å². The van der Waals surface area contributed by atoms with Crippen LogP contribution in [0.1, 0.15) is 28.0 Å². The zero-order chi connectivity index (χ0) is 24.6. The normalized spacial score (nSPS) is 14.6. The third kappa shape index (κ3) is 4.04. The molecule has 3 aromatic carbocycles. The van der Waals surface area contributed by atoms with Crippen LogP contribution in [0.4, 0.5) is 11.4 Å². The summed E-state index contributed by atoms with van der Waals surface area (Å²) in [6, 6.07) is 23.4. The largest absolute Gasteiger partial charge is 0.462 e. The van der Waals surface area contributed by atoms with Gasteiger partial charge in [0.25, 0.3) is 0 Å². The van der Waals surface area contributed by atoms with Crippen LogP contribution in [0.5, 0.6) is 0 Å². The number of carbonyl (C=O) groups excluding carboxylic acids is 2. The van der Waals surface area contributed by atoms with E-state index in [1.54, 1.807) is 16.7 Å². The fraction of sp³-hybridized carbons (Fsp3) is 0.207. The third-order valence-corrected chi connectivity index (χ3v) is 7.80. The Morgan fingerprint density at radius 1 is 0.944 bits per heavy atom. The summed E-state index contributed by atoms with van der Waals surface area (Å²) in [4.78, 5) is 37.6. The van der Waals surface area contributed by atoms with Gasteiger partial charge >= 0.3 is 5.97 Å². The van der Waals surface area contributed by atoms with Crippen LogP contribution < -0.4 is 4.90 Å². The molecule has 0 N–H and O–H groups in total. The third-order valence-electron chi connectivity index (χ3n) is 6.67. The molecular weight excluding hydrogens is 470 g/mol. The first-order valence-corrected chi connectivity index (χ1v) is 12.9. The maximum atomic E-state index is 13.4. The van der Waals surface area contributed by atoms with Crippen molar-refractivity contribution in [3.8, 4) is 0 Å². The Morgan fingerprint density at radius 3 is 2.36 bits per heavy atom. The van der Waals surface area contributed by atoms with E-state index in [1.807, 2.05) is 79.8 Å². The molecule has 1 aromatic heterocycles. The molecule has 0 saturated heterocycles. The van der Waals surface area contributed by atoms with Crippen LogP contribution in [0, 0.1) is 0 Å². The number of esters is 1. The minimum absolute atomic E-state index is 0.00685. The molecule has 36 heavy (non-hydrogen) atoms. The van der Waals surface area contributed by atoms with E-state index in [0.717, 1.165) is 56.3 Å². The second kappa shape index (κ2) is 9.41. The average Bonchev–Trinajstić information content (AvgIpc) is 2.90. The van der Waals surface area contributed by atoms with Gasteiger partial charge in [0.2, 0.25) is 5.91 Å². The lowest BCUT2D eigenvalue weighted by molar-refractivity contribution is -0.118. The van der Waals surface area contributed by atoms with Crippen LogP contribution in [0.25, 0.3) is 10.9 Å². The molecular formula is C29H25N3O3S. The van der Waals surface area contributed by atoms with Crippen molar-refractivity contribution in [3.05, 3.63) is 89.6 Å². The molecule has 3 heterocycles. The van der Waals surface area contributed by atoms with E-state index in [1.165, 1.54) is 0 Å². The standard InChI is InChI=1S/C29H25N3O3S/c1-31-16-14-22-20(18-31)28(19-8-2-3-9-21(19)30-22)29(34)35-17-15-27(33)32-23-10-4-6-12-25(23)36-26-13-7-5-11-24(26)32/h2-13H,14-18H2,1H3. The average molecular weight is 496 g/mol. The van der Waals surface area contributed by atoms with E-state index in [0.29, 0.717) is 12.1 Å². The molecule has 0 bridgehead atoms. The summed E-state index contributed by atoms with van der Waals surface area (Å²) in [6.07, 6.45) is 0.880. The van der Waals surface area contributed by atoms with Crippen LogP contribution in [0.15, 0.2) is 82.6 Å². The molecule has 0 saturated carbocycles. The molecule has 0 radical (unpaired) electrons. The van der Waals surface area contributed by atoms with Crippen molar-refractivity contribution >= 4 is 45.9 Å². The molecule has 180 valence electrons. The highest BCUT2D eigenvalue weighted by molar-refractivity contribution is 7.99. The van der Waals surface area contributed by atoms with Crippen molar-refractivity contribution in [2.75, 3.05) is 25.1 Å². The molecule has 4 aromatic rings. The number of pyridine rings is 1. The summed E-state index contributed by atoms with van der Waals surface area (Å²) in [5.41, 5.74) is 4.95. The number of amides is 1. The number of para-hydroxylation sites is 3. The zero-order valence-corrected chi connectivity index (χ0v) is 20.8. The van der Waals surface area contributed by atoms with Crippen LogP contribution in [0.3, 0.4) is 0 Å². The monoisotopic (exact) mass is 495 g/mol. The van der Waals surface area contributed by atoms with Crippen LogP contribution in [-0.2, 0) is 22.5 Å². The molecule has 2 aliphatic heterocycles. The fourth-order valence-electron chi connectivity index (χ4n) is 4.95. The molecule has 6 rings (SSSR count). The maximum absolute atomic E-state index is 13.4. The highest BCUT2D eigenvalue weighted by atomic mass is 32.2. The van der Waals surface area contributed by atoms with E-state index < -0.39 is 5.97 Å². The van der Waals surface area contributed by atoms with Crippen molar-refractivity contribution in [2.45, 2.75) is 29.2 Å². The van der Waals surface area contributed by atoms with E-state index in [-0.39, 0.29) is 18.9 Å². The Kier molecular flexibility index (Phi) is 5.95. The van der Waals surface area contributed by atoms with Gasteiger partial charge in [0.1, 0.15) is 6.61 Å². The highest BCUT2D eigenvalue weighted by Crippen LogP contribution is 2.48. The van der Waals surface area contributed by atoms with Crippen molar-refractivity contribution in [2.24, 2.45) is 0 Å². The highest BCUT2D eigenvalue weighted by Gasteiger charge is 2.29. The van der Waals surface area contributed by atoms with Crippen molar-refractivity contribution in [3.63, 3.8) is 0 Å². The number of hydrogen-bond acceptors (Lipinski definition) is 6. The van der Waals surface area contributed by atoms with Crippen molar-refractivity contribution in [1.82, 2.24) is 9.88 Å². The fourth-order valence-corrected chi connectivity index (χ4v) is 6.00. The summed E-state index contributed by atoms with van der Waals surface area (Å²) in [5, 5.41) is 0.791. The lowest BCUT2D eigenvalue weighted by Gasteiger charge is -2.31. The lowest BCUT2D eigenvalue weighted by Crippen LogP contribution is -2.30. The van der Waals surface area contributed by atoms with Gasteiger partial charge in [-0.25, -0.2) is 4.79 Å². The van der Waals surface area contributed by atoms with Crippen LogP contribution in [-0.4, -0.2) is 42.0 Å². The molecule has 7 heteroatoms. The summed E-state index contributed by atoms with van der Waals surface area (Å²) < 4.78 is 5.74. The Balaban J connectivity index is 1.24. The van der Waals surface area contributed by atoms with E-state index >= 15 is 0 Å². The van der Waals surface area contributed by atoms with Gasteiger partial charge < -0.3 is 9.64 Å². The summed E-state index contributed by atoms with van der Waals surface area (Å²) >= 11 is 1.65. The minimum atomic E-state index is -0.400.